The van der Waals surface area contributed by atoms with Crippen molar-refractivity contribution in [1.29, 1.82) is 0 Å². The molecule has 0 atom stereocenters. The minimum Gasteiger partial charge on any atom is -0.478 e. The van der Waals surface area contributed by atoms with Gasteiger partial charge in [0.25, 0.3) is 0 Å². The predicted octanol–water partition coefficient (Wildman–Crippen LogP) is 2.16. The first-order valence-corrected chi connectivity index (χ1v) is 7.25. The molecule has 5 nitrogen and oxygen atoms in total. The average Bonchev–Trinajstić information content (AvgIpc) is 3.00. The van der Waals surface area contributed by atoms with Crippen LogP contribution in [0.1, 0.15) is 27.2 Å². The first-order chi connectivity index (χ1) is 10.5. The number of rotatable bonds is 3. The molecular weight excluding hydrogens is 280 g/mol. The van der Waals surface area contributed by atoms with E-state index >= 15 is 0 Å². The summed E-state index contributed by atoms with van der Waals surface area (Å²) in [5.41, 5.74) is 3.58. The number of para-hydroxylation sites is 1. The summed E-state index contributed by atoms with van der Waals surface area (Å²) >= 11 is 0. The van der Waals surface area contributed by atoms with Crippen molar-refractivity contribution in [2.75, 3.05) is 11.4 Å². The van der Waals surface area contributed by atoms with E-state index in [1.807, 2.05) is 24.3 Å². The number of carbonyl (C=O) groups is 2. The third-order valence-electron chi connectivity index (χ3n) is 4.22. The molecule has 0 fully saturated rings. The van der Waals surface area contributed by atoms with E-state index in [1.54, 1.807) is 29.6 Å². The minimum atomic E-state index is -0.984. The van der Waals surface area contributed by atoms with E-state index in [1.165, 1.54) is 0 Å². The number of aromatic nitrogens is 1. The lowest BCUT2D eigenvalue weighted by Crippen LogP contribution is -2.31. The Morgan fingerprint density at radius 1 is 1.27 bits per heavy atom. The van der Waals surface area contributed by atoms with Gasteiger partial charge in [0.2, 0.25) is 5.91 Å². The number of fused-ring (bicyclic) bond motifs is 1. The second-order valence-electron chi connectivity index (χ2n) is 5.65. The van der Waals surface area contributed by atoms with Crippen LogP contribution in [-0.4, -0.2) is 28.1 Å². The molecule has 0 spiro atoms. The van der Waals surface area contributed by atoms with Gasteiger partial charge in [0.15, 0.2) is 0 Å². The standard InChI is InChI=1S/C17H18N2O3/c1-11-10-18(2)14(16(11)17(21)22)9-15(20)19-8-7-12-5-3-4-6-13(12)19/h3-6,10H,7-9H2,1-2H3,(H,21,22). The molecule has 2 heterocycles. The lowest BCUT2D eigenvalue weighted by molar-refractivity contribution is -0.118. The van der Waals surface area contributed by atoms with Gasteiger partial charge in [-0.25, -0.2) is 4.79 Å². The van der Waals surface area contributed by atoms with Crippen molar-refractivity contribution < 1.29 is 14.7 Å². The Kier molecular flexibility index (Phi) is 3.48. The third kappa shape index (κ3) is 2.28. The van der Waals surface area contributed by atoms with Crippen LogP contribution in [0.2, 0.25) is 0 Å². The van der Waals surface area contributed by atoms with Gasteiger partial charge in [0.05, 0.1) is 12.0 Å². The number of hydrogen-bond donors (Lipinski definition) is 1. The molecule has 1 aliphatic rings. The van der Waals surface area contributed by atoms with Gasteiger partial charge >= 0.3 is 5.97 Å². The average molecular weight is 298 g/mol. The quantitative estimate of drug-likeness (QED) is 0.944. The molecule has 0 bridgehead atoms. The van der Waals surface area contributed by atoms with Crippen LogP contribution in [0.4, 0.5) is 5.69 Å². The summed E-state index contributed by atoms with van der Waals surface area (Å²) in [6.07, 6.45) is 2.70. The first-order valence-electron chi connectivity index (χ1n) is 7.25. The molecule has 1 aromatic heterocycles. The number of aromatic carboxylic acids is 1. The summed E-state index contributed by atoms with van der Waals surface area (Å²) < 4.78 is 1.73. The van der Waals surface area contributed by atoms with Gasteiger partial charge in [0, 0.05) is 31.2 Å². The Hall–Kier alpha value is -2.56. The van der Waals surface area contributed by atoms with E-state index in [0.29, 0.717) is 17.8 Å². The summed E-state index contributed by atoms with van der Waals surface area (Å²) in [6.45, 7) is 2.41. The molecule has 0 radical (unpaired) electrons. The molecule has 0 saturated heterocycles. The molecule has 1 aromatic carbocycles. The lowest BCUT2D eigenvalue weighted by atomic mass is 10.1. The summed E-state index contributed by atoms with van der Waals surface area (Å²) in [4.78, 5) is 25.8. The molecule has 114 valence electrons. The Morgan fingerprint density at radius 3 is 2.73 bits per heavy atom. The summed E-state index contributed by atoms with van der Waals surface area (Å²) in [5.74, 6) is -1.05. The van der Waals surface area contributed by atoms with Crippen molar-refractivity contribution in [2.24, 2.45) is 7.05 Å². The van der Waals surface area contributed by atoms with Crippen LogP contribution < -0.4 is 4.90 Å². The summed E-state index contributed by atoms with van der Waals surface area (Å²) in [7, 11) is 1.78. The van der Waals surface area contributed by atoms with Crippen molar-refractivity contribution in [3.63, 3.8) is 0 Å². The Balaban J connectivity index is 1.89. The van der Waals surface area contributed by atoms with Crippen molar-refractivity contribution >= 4 is 17.6 Å². The molecule has 1 N–H and O–H groups in total. The van der Waals surface area contributed by atoms with Gasteiger partial charge in [-0.1, -0.05) is 18.2 Å². The van der Waals surface area contributed by atoms with Crippen LogP contribution >= 0.6 is 0 Å². The monoisotopic (exact) mass is 298 g/mol. The van der Waals surface area contributed by atoms with Gasteiger partial charge < -0.3 is 14.6 Å². The maximum absolute atomic E-state index is 12.6. The number of carbonyl (C=O) groups excluding carboxylic acids is 1. The van der Waals surface area contributed by atoms with Gasteiger partial charge in [-0.2, -0.15) is 0 Å². The second-order valence-corrected chi connectivity index (χ2v) is 5.65. The molecule has 2 aromatic rings. The number of carboxylic acid groups (broad SMARTS) is 1. The smallest absolute Gasteiger partial charge is 0.337 e. The number of benzene rings is 1. The maximum Gasteiger partial charge on any atom is 0.337 e. The third-order valence-corrected chi connectivity index (χ3v) is 4.22. The van der Waals surface area contributed by atoms with E-state index < -0.39 is 5.97 Å². The number of aryl methyl sites for hydroxylation is 2. The van der Waals surface area contributed by atoms with Gasteiger partial charge in [-0.15, -0.1) is 0 Å². The number of nitrogens with zero attached hydrogens (tertiary/aromatic N) is 2. The van der Waals surface area contributed by atoms with Crippen LogP contribution in [0.3, 0.4) is 0 Å². The molecule has 0 saturated carbocycles. The largest absolute Gasteiger partial charge is 0.478 e. The van der Waals surface area contributed by atoms with Crippen LogP contribution in [-0.2, 0) is 24.7 Å². The molecular formula is C17H18N2O3. The molecule has 5 heteroatoms. The van der Waals surface area contributed by atoms with Gasteiger partial charge in [-0.05, 0) is 30.5 Å². The van der Waals surface area contributed by atoms with Crippen molar-refractivity contribution in [3.05, 3.63) is 52.8 Å². The fourth-order valence-corrected chi connectivity index (χ4v) is 3.18. The number of anilines is 1. The first kappa shape index (κ1) is 14.4. The van der Waals surface area contributed by atoms with Crippen molar-refractivity contribution in [3.8, 4) is 0 Å². The van der Waals surface area contributed by atoms with Crippen LogP contribution in [0.5, 0.6) is 0 Å². The molecule has 1 aliphatic heterocycles. The maximum atomic E-state index is 12.6. The van der Waals surface area contributed by atoms with E-state index in [0.717, 1.165) is 17.7 Å². The highest BCUT2D eigenvalue weighted by molar-refractivity contribution is 5.99. The van der Waals surface area contributed by atoms with E-state index in [-0.39, 0.29) is 17.9 Å². The molecule has 1 amide bonds. The molecule has 22 heavy (non-hydrogen) atoms. The molecule has 3 rings (SSSR count). The highest BCUT2D eigenvalue weighted by Gasteiger charge is 2.27. The highest BCUT2D eigenvalue weighted by atomic mass is 16.4. The topological polar surface area (TPSA) is 62.5 Å². The van der Waals surface area contributed by atoms with Gasteiger partial charge in [0.1, 0.15) is 0 Å². The van der Waals surface area contributed by atoms with Crippen LogP contribution in [0.15, 0.2) is 30.5 Å². The van der Waals surface area contributed by atoms with Gasteiger partial charge in [-0.3, -0.25) is 4.79 Å². The summed E-state index contributed by atoms with van der Waals surface area (Å²) in [6, 6.07) is 7.85. The SMILES string of the molecule is Cc1cn(C)c(CC(=O)N2CCc3ccccc32)c1C(=O)O. The fourth-order valence-electron chi connectivity index (χ4n) is 3.18. The lowest BCUT2D eigenvalue weighted by Gasteiger charge is -2.18. The van der Waals surface area contributed by atoms with E-state index in [9.17, 15) is 14.7 Å². The Labute approximate surface area is 128 Å². The zero-order valence-electron chi connectivity index (χ0n) is 12.7. The minimum absolute atomic E-state index is 0.0614. The molecule has 0 aliphatic carbocycles. The van der Waals surface area contributed by atoms with E-state index in [4.69, 9.17) is 0 Å². The second kappa shape index (κ2) is 5.33. The number of carboxylic acids is 1. The predicted molar refractivity (Wildman–Crippen MR) is 83.3 cm³/mol. The fraction of sp³-hybridized carbons (Fsp3) is 0.294. The van der Waals surface area contributed by atoms with Crippen molar-refractivity contribution in [1.82, 2.24) is 4.57 Å². The van der Waals surface area contributed by atoms with E-state index in [2.05, 4.69) is 0 Å². The van der Waals surface area contributed by atoms with Crippen LogP contribution in [0.25, 0.3) is 0 Å². The highest BCUT2D eigenvalue weighted by Crippen LogP contribution is 2.28. The van der Waals surface area contributed by atoms with Crippen molar-refractivity contribution in [2.45, 2.75) is 19.8 Å². The number of hydrogen-bond acceptors (Lipinski definition) is 2. The Bertz CT molecular complexity index is 761. The van der Waals surface area contributed by atoms with Crippen LogP contribution in [0, 0.1) is 6.92 Å². The molecule has 0 unspecified atom stereocenters. The number of amides is 1. The Morgan fingerprint density at radius 2 is 2.00 bits per heavy atom. The summed E-state index contributed by atoms with van der Waals surface area (Å²) in [5, 5.41) is 9.36. The zero-order valence-corrected chi connectivity index (χ0v) is 12.7. The zero-order chi connectivity index (χ0) is 15.9. The normalized spacial score (nSPS) is 13.3.